The predicted molar refractivity (Wildman–Crippen MR) is 104 cm³/mol. The van der Waals surface area contributed by atoms with Crippen LogP contribution in [0.4, 0.5) is 5.13 Å². The van der Waals surface area contributed by atoms with Gasteiger partial charge in [-0.15, -0.1) is 11.3 Å². The Balaban J connectivity index is 1.39. The van der Waals surface area contributed by atoms with E-state index in [2.05, 4.69) is 15.4 Å². The van der Waals surface area contributed by atoms with Crippen LogP contribution in [0.2, 0.25) is 0 Å². The van der Waals surface area contributed by atoms with Crippen molar-refractivity contribution in [1.82, 2.24) is 24.2 Å². The molecule has 1 saturated heterocycles. The molecule has 4 heterocycles. The van der Waals surface area contributed by atoms with Crippen LogP contribution in [0.1, 0.15) is 37.9 Å². The topological polar surface area (TPSA) is 102 Å². The molecule has 2 aliphatic heterocycles. The van der Waals surface area contributed by atoms with Crippen LogP contribution in [0.5, 0.6) is 0 Å². The molecule has 150 valence electrons. The van der Waals surface area contributed by atoms with Gasteiger partial charge in [-0.3, -0.25) is 14.2 Å². The van der Waals surface area contributed by atoms with E-state index in [-0.39, 0.29) is 30.0 Å². The van der Waals surface area contributed by atoms with Crippen molar-refractivity contribution in [2.45, 2.75) is 51.6 Å². The van der Waals surface area contributed by atoms with Crippen molar-refractivity contribution in [2.24, 2.45) is 5.92 Å². The molecule has 2 amide bonds. The summed E-state index contributed by atoms with van der Waals surface area (Å²) in [4.78, 5) is 43.5. The molecule has 0 spiro atoms. The number of aromatic nitrogens is 4. The Morgan fingerprint density at radius 3 is 2.93 bits per heavy atom. The summed E-state index contributed by atoms with van der Waals surface area (Å²) in [5.74, 6) is 0.229. The molecule has 2 aromatic rings. The van der Waals surface area contributed by atoms with E-state index in [0.29, 0.717) is 24.8 Å². The molecule has 0 bridgehead atoms. The second-order valence-corrected chi connectivity index (χ2v) is 8.22. The first-order valence-corrected chi connectivity index (χ1v) is 10.6. The second kappa shape index (κ2) is 8.26. The van der Waals surface area contributed by atoms with Crippen molar-refractivity contribution in [2.75, 3.05) is 18.4 Å². The molecule has 0 radical (unpaired) electrons. The first-order chi connectivity index (χ1) is 13.6. The first-order valence-electron chi connectivity index (χ1n) is 9.76. The van der Waals surface area contributed by atoms with Gasteiger partial charge in [-0.1, -0.05) is 6.42 Å². The maximum atomic E-state index is 12.8. The van der Waals surface area contributed by atoms with E-state index in [1.165, 1.54) is 16.0 Å². The fourth-order valence-electron chi connectivity index (χ4n) is 3.87. The van der Waals surface area contributed by atoms with E-state index >= 15 is 0 Å². The molecule has 0 aliphatic carbocycles. The third kappa shape index (κ3) is 4.01. The number of aryl methyl sites for hydroxylation is 1. The predicted octanol–water partition coefficient (Wildman–Crippen LogP) is 1.10. The fourth-order valence-corrected chi connectivity index (χ4v) is 4.40. The van der Waals surface area contributed by atoms with Gasteiger partial charge in [0.15, 0.2) is 5.13 Å². The molecule has 1 N–H and O–H groups in total. The molecule has 0 aromatic carbocycles. The van der Waals surface area contributed by atoms with Crippen LogP contribution in [0.15, 0.2) is 16.4 Å². The highest BCUT2D eigenvalue weighted by molar-refractivity contribution is 7.13. The van der Waals surface area contributed by atoms with E-state index in [9.17, 15) is 14.4 Å². The van der Waals surface area contributed by atoms with Crippen LogP contribution in [-0.4, -0.2) is 49.1 Å². The van der Waals surface area contributed by atoms with Crippen molar-refractivity contribution in [3.05, 3.63) is 27.9 Å². The number of rotatable bonds is 4. The monoisotopic (exact) mass is 404 g/mol. The minimum atomic E-state index is -0.267. The number of amides is 2. The zero-order valence-corrected chi connectivity index (χ0v) is 16.5. The lowest BCUT2D eigenvalue weighted by molar-refractivity contribution is -0.135. The Morgan fingerprint density at radius 1 is 1.21 bits per heavy atom. The fraction of sp³-hybridized carbons (Fsp3) is 0.611. The minimum absolute atomic E-state index is 0.0698. The van der Waals surface area contributed by atoms with Gasteiger partial charge in [0, 0.05) is 37.6 Å². The number of piperidine rings is 1. The number of fused-ring (bicyclic) bond motifs is 1. The summed E-state index contributed by atoms with van der Waals surface area (Å²) in [5, 5.41) is 9.56. The first kappa shape index (κ1) is 18.9. The van der Waals surface area contributed by atoms with E-state index in [1.54, 1.807) is 21.0 Å². The normalized spacial score (nSPS) is 19.7. The molecular weight excluding hydrogens is 380 g/mol. The molecule has 1 unspecified atom stereocenters. The number of carbonyl (C=O) groups excluding carboxylic acids is 2. The summed E-state index contributed by atoms with van der Waals surface area (Å²) in [6.07, 6.45) is 7.00. The van der Waals surface area contributed by atoms with Gasteiger partial charge in [-0.25, -0.2) is 14.5 Å². The van der Waals surface area contributed by atoms with Crippen molar-refractivity contribution in [1.29, 1.82) is 0 Å². The Hall–Kier alpha value is -2.49. The number of carbonyl (C=O) groups is 2. The smallest absolute Gasteiger partial charge is 0.340 e. The highest BCUT2D eigenvalue weighted by Crippen LogP contribution is 2.20. The van der Waals surface area contributed by atoms with Crippen molar-refractivity contribution >= 4 is 28.3 Å². The molecule has 1 atom stereocenters. The van der Waals surface area contributed by atoms with Gasteiger partial charge >= 0.3 is 5.69 Å². The van der Waals surface area contributed by atoms with Gasteiger partial charge in [0.1, 0.15) is 12.4 Å². The number of nitrogens with zero attached hydrogens (tertiary/aromatic N) is 5. The second-order valence-electron chi connectivity index (χ2n) is 7.32. The van der Waals surface area contributed by atoms with Gasteiger partial charge in [-0.2, -0.15) is 5.10 Å². The number of hydrogen-bond acceptors (Lipinski definition) is 6. The maximum absolute atomic E-state index is 12.8. The molecule has 0 saturated carbocycles. The van der Waals surface area contributed by atoms with Crippen LogP contribution >= 0.6 is 11.3 Å². The Bertz CT molecular complexity index is 903. The summed E-state index contributed by atoms with van der Waals surface area (Å²) in [6.45, 7) is 1.56. The average Bonchev–Trinajstić information content (AvgIpc) is 3.23. The lowest BCUT2D eigenvalue weighted by Crippen LogP contribution is -2.45. The van der Waals surface area contributed by atoms with E-state index < -0.39 is 0 Å². The Morgan fingerprint density at radius 2 is 2.11 bits per heavy atom. The Labute approximate surface area is 166 Å². The quantitative estimate of drug-likeness (QED) is 0.822. The molecule has 28 heavy (non-hydrogen) atoms. The van der Waals surface area contributed by atoms with Crippen molar-refractivity contribution in [3.8, 4) is 0 Å². The average molecular weight is 404 g/mol. The van der Waals surface area contributed by atoms with E-state index in [4.69, 9.17) is 0 Å². The highest BCUT2D eigenvalue weighted by atomic mass is 32.1. The highest BCUT2D eigenvalue weighted by Gasteiger charge is 2.29. The van der Waals surface area contributed by atoms with Gasteiger partial charge in [0.25, 0.3) is 0 Å². The van der Waals surface area contributed by atoms with Gasteiger partial charge < -0.3 is 10.2 Å². The van der Waals surface area contributed by atoms with Crippen LogP contribution in [0, 0.1) is 5.92 Å². The standard InChI is InChI=1S/C18H24N6O3S/c25-15(12-24-18(27)23-9-3-1-2-6-14(23)21-24)22-8-4-5-13(11-22)16(26)20-17-19-7-10-28-17/h7,10,13H,1-6,8-9,11-12H2,(H,19,20,26). The zero-order chi connectivity index (χ0) is 19.5. The molecule has 4 rings (SSSR count). The summed E-state index contributed by atoms with van der Waals surface area (Å²) in [7, 11) is 0. The summed E-state index contributed by atoms with van der Waals surface area (Å²) in [5.41, 5.74) is -0.208. The van der Waals surface area contributed by atoms with Crippen LogP contribution in [-0.2, 0) is 29.1 Å². The van der Waals surface area contributed by atoms with Crippen molar-refractivity contribution in [3.63, 3.8) is 0 Å². The van der Waals surface area contributed by atoms with Crippen LogP contribution in [0.25, 0.3) is 0 Å². The summed E-state index contributed by atoms with van der Waals surface area (Å²) >= 11 is 1.37. The zero-order valence-electron chi connectivity index (χ0n) is 15.7. The summed E-state index contributed by atoms with van der Waals surface area (Å²) in [6, 6.07) is 0. The summed E-state index contributed by atoms with van der Waals surface area (Å²) < 4.78 is 2.98. The van der Waals surface area contributed by atoms with Crippen molar-refractivity contribution < 1.29 is 9.59 Å². The number of thiazole rings is 1. The lowest BCUT2D eigenvalue weighted by Gasteiger charge is -2.31. The van der Waals surface area contributed by atoms with Gasteiger partial charge in [0.05, 0.1) is 5.92 Å². The van der Waals surface area contributed by atoms with E-state index in [1.807, 2.05) is 0 Å². The third-order valence-electron chi connectivity index (χ3n) is 5.37. The molecule has 10 heteroatoms. The maximum Gasteiger partial charge on any atom is 0.346 e. The Kier molecular flexibility index (Phi) is 5.56. The number of nitrogens with one attached hydrogen (secondary N) is 1. The molecular formula is C18H24N6O3S. The lowest BCUT2D eigenvalue weighted by atomic mass is 9.97. The third-order valence-corrected chi connectivity index (χ3v) is 6.06. The number of hydrogen-bond donors (Lipinski definition) is 1. The largest absolute Gasteiger partial charge is 0.346 e. The van der Waals surface area contributed by atoms with E-state index in [0.717, 1.165) is 44.3 Å². The molecule has 9 nitrogen and oxygen atoms in total. The molecule has 2 aromatic heterocycles. The van der Waals surface area contributed by atoms with Crippen LogP contribution in [0.3, 0.4) is 0 Å². The van der Waals surface area contributed by atoms with Gasteiger partial charge in [-0.05, 0) is 25.7 Å². The molecule has 2 aliphatic rings. The SMILES string of the molecule is O=C(Nc1nccs1)C1CCCN(C(=O)Cn2nc3n(c2=O)CCCCC3)C1. The minimum Gasteiger partial charge on any atom is -0.340 e. The molecule has 1 fully saturated rings. The number of anilines is 1. The number of likely N-dealkylation sites (tertiary alicyclic amines) is 1. The van der Waals surface area contributed by atoms with Crippen LogP contribution < -0.4 is 11.0 Å². The van der Waals surface area contributed by atoms with Gasteiger partial charge in [0.2, 0.25) is 11.8 Å².